The Labute approximate surface area is 681 Å². The Balaban J connectivity index is 0.000000167. The highest BCUT2D eigenvalue weighted by molar-refractivity contribution is 5.52. The molecule has 1 heterocycles. The first-order valence-electron chi connectivity index (χ1n) is 42.2. The summed E-state index contributed by atoms with van der Waals surface area (Å²) in [6.07, 6.45) is 16.7. The van der Waals surface area contributed by atoms with Crippen LogP contribution in [0.15, 0.2) is 127 Å². The van der Waals surface area contributed by atoms with Crippen molar-refractivity contribution in [2.45, 2.75) is 305 Å². The maximum atomic E-state index is 13.8. The van der Waals surface area contributed by atoms with E-state index in [9.17, 15) is 35.1 Å². The predicted molar refractivity (Wildman–Crippen MR) is 454 cm³/mol. The van der Waals surface area contributed by atoms with E-state index in [4.69, 9.17) is 23.7 Å². The fraction of sp³-hybridized carbons (Fsp3) is 0.580. The topological polar surface area (TPSA) is 49.4 Å². The monoisotopic (exact) mass is 1580 g/mol. The number of nitrogens with zero attached hydrogens (tertiary/aromatic N) is 1. The van der Waals surface area contributed by atoms with Crippen molar-refractivity contribution in [3.63, 3.8) is 0 Å². The summed E-state index contributed by atoms with van der Waals surface area (Å²) >= 11 is 0. The zero-order chi connectivity index (χ0) is 84.1. The Morgan fingerprint density at radius 1 is 0.377 bits per heavy atom. The first-order valence-corrected chi connectivity index (χ1v) is 42.2. The summed E-state index contributed by atoms with van der Waals surface area (Å²) < 4.78 is 135. The van der Waals surface area contributed by atoms with Crippen molar-refractivity contribution in [1.29, 1.82) is 0 Å². The van der Waals surface area contributed by atoms with Gasteiger partial charge in [0.15, 0.2) is 23.1 Å². The summed E-state index contributed by atoms with van der Waals surface area (Å²) in [5, 5.41) is 0. The van der Waals surface area contributed by atoms with E-state index in [0.717, 1.165) is 110 Å². The first kappa shape index (κ1) is 92.3. The van der Waals surface area contributed by atoms with Crippen LogP contribution < -0.4 is 28.6 Å². The fourth-order valence-electron chi connectivity index (χ4n) is 12.4. The molecule has 14 rings (SSSR count). The normalized spacial score (nSPS) is 16.6. The Bertz CT molecular complexity index is 4200. The molecule has 6 nitrogen and oxygen atoms in total. The van der Waals surface area contributed by atoms with Gasteiger partial charge in [-0.3, -0.25) is 0 Å². The van der Waals surface area contributed by atoms with Crippen LogP contribution >= 0.6 is 0 Å². The van der Waals surface area contributed by atoms with Crippen molar-refractivity contribution >= 4 is 5.69 Å². The van der Waals surface area contributed by atoms with Gasteiger partial charge in [-0.15, -0.1) is 0 Å². The number of anilines is 1. The highest BCUT2D eigenvalue weighted by Crippen LogP contribution is 2.46. The third-order valence-corrected chi connectivity index (χ3v) is 21.9. The van der Waals surface area contributed by atoms with Crippen LogP contribution in [0.5, 0.6) is 28.7 Å². The van der Waals surface area contributed by atoms with Crippen LogP contribution in [0.3, 0.4) is 0 Å². The molecule has 14 heteroatoms. The molecule has 0 unspecified atom stereocenters. The summed E-state index contributed by atoms with van der Waals surface area (Å²) in [4.78, 5) is 2.16. The van der Waals surface area contributed by atoms with Gasteiger partial charge in [0, 0.05) is 30.6 Å². The molecule has 0 atom stereocenters. The van der Waals surface area contributed by atoms with Gasteiger partial charge in [0.25, 0.3) is 6.43 Å². The van der Waals surface area contributed by atoms with E-state index in [1.54, 1.807) is 30.3 Å². The molecule has 0 aromatic heterocycles. The van der Waals surface area contributed by atoms with E-state index in [2.05, 4.69) is 163 Å². The molecule has 114 heavy (non-hydrogen) atoms. The van der Waals surface area contributed by atoms with Gasteiger partial charge in [-0.05, 0) is 269 Å². The smallest absolute Gasteiger partial charge is 0.267 e. The van der Waals surface area contributed by atoms with Crippen molar-refractivity contribution in [3.05, 3.63) is 212 Å². The standard InChI is InChI=1S/C15H20F2O.C15H21FO.C15H21F.C14H20FN.2C14H19FO.C13H17FO/c1-15(2,3)11-6-7-12(14(16)17)13(8-11)18-9-10-4-5-10;1-14(2,3)11-5-6-12(16)13(9-11)17-10-15(4)7-8-15;1-15(2,3)13-8-9-14(16)12(10-13)7-6-11-4-5-11;1-14(2,3)11-6-7-12(15)13(10-11)16-8-4-5-9-16;1-14(2,3)11-6-12(15)8-13(7-11)16-9-10-4-5-10;1-14(2,3)12-7-6-11(15)8-13(12)16-9-10-4-5-10;1-13(2,3)9-4-7-11(14)12(8-9)15-10-5-6-10/h6-8,10,14H,4-5,9H2,1-3H3;5-6,9H,7-8,10H2,1-4H3;8-11H,4-7H2,1-3H3;6-7,10H,4-5,8-9H2,1-3H3;2*6-8,10H,4-5,9H2,1-3H3;4,7-8,10H,5-6H2,1-3H3. The highest BCUT2D eigenvalue weighted by Gasteiger charge is 2.39. The molecule has 1 aliphatic heterocycles. The molecule has 6 saturated carbocycles. The summed E-state index contributed by atoms with van der Waals surface area (Å²) in [5.74, 6) is 4.28. The maximum Gasteiger partial charge on any atom is 0.267 e. The average Bonchev–Trinajstić information content (AvgIpc) is 1.61. The second-order valence-electron chi connectivity index (χ2n) is 40.7. The summed E-state index contributed by atoms with van der Waals surface area (Å²) in [5.41, 5.74) is 9.87. The van der Waals surface area contributed by atoms with Crippen LogP contribution in [0.1, 0.15) is 305 Å². The van der Waals surface area contributed by atoms with Crippen LogP contribution in [0, 0.1) is 64.0 Å². The van der Waals surface area contributed by atoms with Crippen LogP contribution in [0.2, 0.25) is 0 Å². The molecule has 0 radical (unpaired) electrons. The van der Waals surface area contributed by atoms with Crippen LogP contribution in [-0.4, -0.2) is 45.6 Å². The lowest BCUT2D eigenvalue weighted by Gasteiger charge is -2.24. The van der Waals surface area contributed by atoms with Crippen LogP contribution in [0.25, 0.3) is 0 Å². The van der Waals surface area contributed by atoms with Gasteiger partial charge in [0.05, 0.1) is 43.8 Å². The lowest BCUT2D eigenvalue weighted by molar-refractivity contribution is 0.144. The molecule has 6 aliphatic carbocycles. The molecule has 7 aliphatic rings. The molecule has 7 aromatic carbocycles. The Morgan fingerprint density at radius 3 is 1.27 bits per heavy atom. The van der Waals surface area contributed by atoms with Crippen molar-refractivity contribution in [1.82, 2.24) is 0 Å². The molecular formula is C100H137F8NO5. The van der Waals surface area contributed by atoms with Crippen molar-refractivity contribution in [2.75, 3.05) is 44.4 Å². The number of ether oxygens (including phenoxy) is 5. The minimum atomic E-state index is -2.48. The number of hydrogen-bond donors (Lipinski definition) is 0. The fourth-order valence-corrected chi connectivity index (χ4v) is 12.4. The average molecular weight is 1590 g/mol. The van der Waals surface area contributed by atoms with Gasteiger partial charge < -0.3 is 28.6 Å². The quantitative estimate of drug-likeness (QED) is 0.0752. The largest absolute Gasteiger partial charge is 0.493 e. The Kier molecular flexibility index (Phi) is 31.5. The molecule has 0 amide bonds. The first-order chi connectivity index (χ1) is 53.0. The van der Waals surface area contributed by atoms with E-state index in [1.807, 2.05) is 54.6 Å². The third-order valence-electron chi connectivity index (χ3n) is 21.9. The van der Waals surface area contributed by atoms with Gasteiger partial charge in [-0.2, -0.15) is 0 Å². The van der Waals surface area contributed by atoms with Crippen LogP contribution in [-0.2, 0) is 44.3 Å². The second-order valence-corrected chi connectivity index (χ2v) is 40.7. The second kappa shape index (κ2) is 38.9. The van der Waals surface area contributed by atoms with Gasteiger partial charge >= 0.3 is 0 Å². The number of halogens is 8. The number of hydrogen-bond acceptors (Lipinski definition) is 6. The minimum Gasteiger partial charge on any atom is -0.493 e. The van der Waals surface area contributed by atoms with Gasteiger partial charge in [0.1, 0.15) is 40.5 Å². The predicted octanol–water partition coefficient (Wildman–Crippen LogP) is 28.7. The van der Waals surface area contributed by atoms with E-state index < -0.39 is 6.43 Å². The van der Waals surface area contributed by atoms with E-state index in [-0.39, 0.29) is 89.9 Å². The number of benzene rings is 7. The SMILES string of the molecule is CC(C)(C)c1cc(F)cc(OCC2CC2)c1.CC(C)(C)c1ccc(C(F)F)c(OCC2CC2)c1.CC(C)(C)c1ccc(F)c(CCC2CC2)c1.CC(C)(C)c1ccc(F)c(N2CCCC2)c1.CC(C)(C)c1ccc(F)c(OC2CC2)c1.CC(C)(C)c1ccc(F)cc1OCC1CC1.CC1(COc2cc(C(C)(C)C)ccc2F)CC1. The highest BCUT2D eigenvalue weighted by atomic mass is 19.3. The molecule has 0 spiro atoms. The van der Waals surface area contributed by atoms with Crippen molar-refractivity contribution < 1.29 is 58.8 Å². The van der Waals surface area contributed by atoms with Crippen molar-refractivity contribution in [2.24, 2.45) is 29.1 Å². The molecule has 628 valence electrons. The summed E-state index contributed by atoms with van der Waals surface area (Å²) in [7, 11) is 0. The van der Waals surface area contributed by atoms with E-state index in [0.29, 0.717) is 59.7 Å². The number of rotatable bonds is 19. The van der Waals surface area contributed by atoms with Gasteiger partial charge in [-0.25, -0.2) is 35.1 Å². The van der Waals surface area contributed by atoms with E-state index in [1.165, 1.54) is 112 Å². The van der Waals surface area contributed by atoms with Gasteiger partial charge in [-0.1, -0.05) is 208 Å². The lowest BCUT2D eigenvalue weighted by Crippen LogP contribution is -2.20. The number of aryl methyl sites for hydroxylation is 1. The van der Waals surface area contributed by atoms with Gasteiger partial charge in [0.2, 0.25) is 0 Å². The zero-order valence-electron chi connectivity index (χ0n) is 73.2. The molecular weight excluding hydrogens is 1450 g/mol. The molecule has 7 aromatic rings. The lowest BCUT2D eigenvalue weighted by atomic mass is 9.85. The maximum absolute atomic E-state index is 13.8. The zero-order valence-corrected chi connectivity index (χ0v) is 73.2. The summed E-state index contributed by atoms with van der Waals surface area (Å²) in [6.45, 7) is 51.3. The third kappa shape index (κ3) is 31.3. The molecule has 0 bridgehead atoms. The van der Waals surface area contributed by atoms with Crippen molar-refractivity contribution in [3.8, 4) is 28.7 Å². The molecule has 7 fully saturated rings. The Hall–Kier alpha value is -7.22. The molecule has 1 saturated heterocycles. The summed E-state index contributed by atoms with van der Waals surface area (Å²) in [6, 6.07) is 36.3. The number of alkyl halides is 2. The Morgan fingerprint density at radius 2 is 0.807 bits per heavy atom. The minimum absolute atomic E-state index is 0.00338. The van der Waals surface area contributed by atoms with E-state index >= 15 is 0 Å². The van der Waals surface area contributed by atoms with Crippen LogP contribution in [0.4, 0.5) is 40.8 Å². The molecule has 0 N–H and O–H groups in total.